The van der Waals surface area contributed by atoms with Gasteiger partial charge in [-0.25, -0.2) is 0 Å². The summed E-state index contributed by atoms with van der Waals surface area (Å²) in [5, 5.41) is 8.92. The molecule has 4 nitrogen and oxygen atoms in total. The Bertz CT molecular complexity index is 435. The molecule has 2 rings (SSSR count). The SMILES string of the molecule is CCn1nc(C)c(Cl)c1CN(CC1CCCN1)C(C)C. The lowest BCUT2D eigenvalue weighted by Crippen LogP contribution is -2.41. The fraction of sp³-hybridized carbons (Fsp3) is 0.800. The minimum atomic E-state index is 0.508. The Morgan fingerprint density at radius 2 is 2.25 bits per heavy atom. The summed E-state index contributed by atoms with van der Waals surface area (Å²) in [5.41, 5.74) is 2.09. The molecule has 1 aromatic heterocycles. The number of aryl methyl sites for hydroxylation is 2. The Balaban J connectivity index is 2.11. The summed E-state index contributed by atoms with van der Waals surface area (Å²) in [6, 6.07) is 1.13. The summed E-state index contributed by atoms with van der Waals surface area (Å²) in [6.45, 7) is 12.6. The molecule has 0 bridgehead atoms. The van der Waals surface area contributed by atoms with Gasteiger partial charge in [0.1, 0.15) is 0 Å². The number of halogens is 1. The second kappa shape index (κ2) is 6.92. The first-order valence-corrected chi connectivity index (χ1v) is 8.10. The van der Waals surface area contributed by atoms with Gasteiger partial charge in [0.2, 0.25) is 0 Å². The molecule has 0 aromatic carbocycles. The van der Waals surface area contributed by atoms with E-state index < -0.39 is 0 Å². The van der Waals surface area contributed by atoms with Crippen molar-refractivity contribution in [1.82, 2.24) is 20.0 Å². The molecule has 0 amide bonds. The van der Waals surface area contributed by atoms with Crippen LogP contribution in [0.5, 0.6) is 0 Å². The van der Waals surface area contributed by atoms with E-state index in [-0.39, 0.29) is 0 Å². The minimum Gasteiger partial charge on any atom is -0.313 e. The number of hydrogen-bond donors (Lipinski definition) is 1. The van der Waals surface area contributed by atoms with Gasteiger partial charge in [-0.15, -0.1) is 0 Å². The van der Waals surface area contributed by atoms with Crippen LogP contribution >= 0.6 is 11.6 Å². The molecule has 0 saturated carbocycles. The monoisotopic (exact) mass is 298 g/mol. The fourth-order valence-corrected chi connectivity index (χ4v) is 3.06. The molecule has 1 saturated heterocycles. The molecule has 2 heterocycles. The molecule has 1 fully saturated rings. The summed E-state index contributed by atoms with van der Waals surface area (Å²) in [5.74, 6) is 0. The maximum absolute atomic E-state index is 6.43. The fourth-order valence-electron chi connectivity index (χ4n) is 2.87. The standard InChI is InChI=1S/C15H27ClN4/c1-5-20-14(15(16)12(4)18-20)10-19(11(2)3)9-13-7-6-8-17-13/h11,13,17H,5-10H2,1-4H3. The zero-order valence-corrected chi connectivity index (χ0v) is 13.9. The summed E-state index contributed by atoms with van der Waals surface area (Å²) >= 11 is 6.43. The third-order valence-electron chi connectivity index (χ3n) is 4.15. The van der Waals surface area contributed by atoms with Crippen LogP contribution in [0.15, 0.2) is 0 Å². The topological polar surface area (TPSA) is 33.1 Å². The van der Waals surface area contributed by atoms with Crippen LogP contribution in [0.1, 0.15) is 45.0 Å². The van der Waals surface area contributed by atoms with Crippen molar-refractivity contribution in [2.45, 2.75) is 65.7 Å². The van der Waals surface area contributed by atoms with Gasteiger partial charge >= 0.3 is 0 Å². The van der Waals surface area contributed by atoms with Crippen LogP contribution < -0.4 is 5.32 Å². The van der Waals surface area contributed by atoms with E-state index in [0.29, 0.717) is 12.1 Å². The molecule has 0 spiro atoms. The van der Waals surface area contributed by atoms with Gasteiger partial charge < -0.3 is 5.32 Å². The van der Waals surface area contributed by atoms with E-state index >= 15 is 0 Å². The lowest BCUT2D eigenvalue weighted by Gasteiger charge is -2.29. The van der Waals surface area contributed by atoms with Crippen molar-refractivity contribution >= 4 is 11.6 Å². The van der Waals surface area contributed by atoms with E-state index in [2.05, 4.69) is 36.1 Å². The van der Waals surface area contributed by atoms with Gasteiger partial charge in [-0.1, -0.05) is 11.6 Å². The molecule has 1 aromatic rings. The first kappa shape index (κ1) is 15.8. The number of aromatic nitrogens is 2. The normalized spacial score (nSPS) is 19.4. The molecule has 1 aliphatic rings. The molecule has 0 radical (unpaired) electrons. The molecule has 1 atom stereocenters. The van der Waals surface area contributed by atoms with E-state index in [9.17, 15) is 0 Å². The highest BCUT2D eigenvalue weighted by Gasteiger charge is 2.22. The van der Waals surface area contributed by atoms with Crippen LogP contribution in [0.2, 0.25) is 5.02 Å². The second-order valence-corrected chi connectivity index (χ2v) is 6.36. The molecule has 1 unspecified atom stereocenters. The number of hydrogen-bond acceptors (Lipinski definition) is 3. The average molecular weight is 299 g/mol. The molecular weight excluding hydrogens is 272 g/mol. The summed E-state index contributed by atoms with van der Waals surface area (Å²) in [6.07, 6.45) is 2.58. The first-order chi connectivity index (χ1) is 9.52. The zero-order chi connectivity index (χ0) is 14.7. The maximum atomic E-state index is 6.43. The molecule has 114 valence electrons. The van der Waals surface area contributed by atoms with Crippen molar-refractivity contribution in [2.75, 3.05) is 13.1 Å². The smallest absolute Gasteiger partial charge is 0.0860 e. The van der Waals surface area contributed by atoms with Crippen molar-refractivity contribution in [3.05, 3.63) is 16.4 Å². The third-order valence-corrected chi connectivity index (χ3v) is 4.64. The van der Waals surface area contributed by atoms with Gasteiger partial charge in [0.25, 0.3) is 0 Å². The Hall–Kier alpha value is -0.580. The van der Waals surface area contributed by atoms with Gasteiger partial charge in [-0.3, -0.25) is 9.58 Å². The Morgan fingerprint density at radius 1 is 1.50 bits per heavy atom. The number of nitrogens with zero attached hydrogens (tertiary/aromatic N) is 3. The number of nitrogens with one attached hydrogen (secondary N) is 1. The Labute approximate surface area is 127 Å². The molecule has 1 N–H and O–H groups in total. The van der Waals surface area contributed by atoms with Crippen LogP contribution in [0.4, 0.5) is 0 Å². The first-order valence-electron chi connectivity index (χ1n) is 7.72. The van der Waals surface area contributed by atoms with Crippen LogP contribution in [-0.4, -0.2) is 39.9 Å². The zero-order valence-electron chi connectivity index (χ0n) is 13.1. The van der Waals surface area contributed by atoms with Crippen molar-refractivity contribution in [3.8, 4) is 0 Å². The Kier molecular flexibility index (Phi) is 5.47. The van der Waals surface area contributed by atoms with E-state index in [1.54, 1.807) is 0 Å². The summed E-state index contributed by atoms with van der Waals surface area (Å²) in [7, 11) is 0. The predicted molar refractivity (Wildman–Crippen MR) is 84.2 cm³/mol. The van der Waals surface area contributed by atoms with E-state index in [0.717, 1.165) is 42.6 Å². The molecule has 1 aliphatic heterocycles. The Morgan fingerprint density at radius 3 is 2.80 bits per heavy atom. The van der Waals surface area contributed by atoms with E-state index in [1.165, 1.54) is 12.8 Å². The largest absolute Gasteiger partial charge is 0.313 e. The van der Waals surface area contributed by atoms with E-state index in [1.807, 2.05) is 11.6 Å². The van der Waals surface area contributed by atoms with Crippen LogP contribution in [0.25, 0.3) is 0 Å². The minimum absolute atomic E-state index is 0.508. The summed E-state index contributed by atoms with van der Waals surface area (Å²) < 4.78 is 2.04. The highest BCUT2D eigenvalue weighted by molar-refractivity contribution is 6.31. The van der Waals surface area contributed by atoms with Gasteiger partial charge in [0.15, 0.2) is 0 Å². The highest BCUT2D eigenvalue weighted by atomic mass is 35.5. The third kappa shape index (κ3) is 3.54. The molecular formula is C15H27ClN4. The lowest BCUT2D eigenvalue weighted by atomic mass is 10.2. The van der Waals surface area contributed by atoms with Gasteiger partial charge in [-0.05, 0) is 47.1 Å². The molecule has 5 heteroatoms. The maximum Gasteiger partial charge on any atom is 0.0860 e. The quantitative estimate of drug-likeness (QED) is 0.877. The van der Waals surface area contributed by atoms with E-state index in [4.69, 9.17) is 11.6 Å². The van der Waals surface area contributed by atoms with Crippen LogP contribution in [0, 0.1) is 6.92 Å². The summed E-state index contributed by atoms with van der Waals surface area (Å²) in [4.78, 5) is 2.50. The highest BCUT2D eigenvalue weighted by Crippen LogP contribution is 2.23. The van der Waals surface area contributed by atoms with Gasteiger partial charge in [0, 0.05) is 31.7 Å². The van der Waals surface area contributed by atoms with Crippen molar-refractivity contribution in [3.63, 3.8) is 0 Å². The molecule has 20 heavy (non-hydrogen) atoms. The lowest BCUT2D eigenvalue weighted by molar-refractivity contribution is 0.188. The van der Waals surface area contributed by atoms with Crippen molar-refractivity contribution in [2.24, 2.45) is 0 Å². The van der Waals surface area contributed by atoms with Crippen molar-refractivity contribution < 1.29 is 0 Å². The van der Waals surface area contributed by atoms with Crippen LogP contribution in [-0.2, 0) is 13.1 Å². The van der Waals surface area contributed by atoms with Crippen molar-refractivity contribution in [1.29, 1.82) is 0 Å². The number of rotatable bonds is 6. The van der Waals surface area contributed by atoms with Gasteiger partial charge in [-0.2, -0.15) is 5.10 Å². The average Bonchev–Trinajstić information content (AvgIpc) is 3.00. The second-order valence-electron chi connectivity index (χ2n) is 5.98. The van der Waals surface area contributed by atoms with Gasteiger partial charge in [0.05, 0.1) is 16.4 Å². The van der Waals surface area contributed by atoms with Crippen LogP contribution in [0.3, 0.4) is 0 Å². The molecule has 0 aliphatic carbocycles. The predicted octanol–water partition coefficient (Wildman–Crippen LogP) is 2.83.